The van der Waals surface area contributed by atoms with Crippen LogP contribution in [0.2, 0.25) is 0 Å². The van der Waals surface area contributed by atoms with Crippen molar-refractivity contribution in [1.29, 1.82) is 0 Å². The monoisotopic (exact) mass is 225 g/mol. The molecule has 0 bridgehead atoms. The van der Waals surface area contributed by atoms with E-state index in [4.69, 9.17) is 0 Å². The lowest BCUT2D eigenvalue weighted by atomic mass is 10.1. The Bertz CT molecular complexity index is 475. The van der Waals surface area contributed by atoms with Crippen LogP contribution in [0.25, 0.3) is 0 Å². The second kappa shape index (κ2) is 5.41. The van der Waals surface area contributed by atoms with E-state index in [0.717, 1.165) is 0 Å². The van der Waals surface area contributed by atoms with Crippen LogP contribution in [0.15, 0.2) is 21.9 Å². The van der Waals surface area contributed by atoms with Crippen molar-refractivity contribution in [2.24, 2.45) is 0 Å². The molecule has 1 rings (SSSR count). The van der Waals surface area contributed by atoms with Gasteiger partial charge in [-0.25, -0.2) is 4.79 Å². The molecular formula is C10H15N3O3. The molecule has 1 aromatic rings. The van der Waals surface area contributed by atoms with Gasteiger partial charge in [-0.05, 0) is 20.4 Å². The van der Waals surface area contributed by atoms with Crippen LogP contribution in [0.3, 0.4) is 0 Å². The first-order valence-corrected chi connectivity index (χ1v) is 5.02. The number of ketones is 1. The number of rotatable bonds is 5. The molecule has 16 heavy (non-hydrogen) atoms. The van der Waals surface area contributed by atoms with E-state index >= 15 is 0 Å². The SMILES string of the molecule is CN[C@@H](CCn1ccc(=O)[nH]c1=O)C(C)=O. The number of likely N-dealkylation sites (N-methyl/N-ethyl adjacent to an activating group) is 1. The van der Waals surface area contributed by atoms with Crippen molar-refractivity contribution in [3.63, 3.8) is 0 Å². The molecule has 0 fully saturated rings. The molecule has 0 amide bonds. The lowest BCUT2D eigenvalue weighted by Gasteiger charge is -2.12. The number of aryl methyl sites for hydroxylation is 1. The number of nitrogens with one attached hydrogen (secondary N) is 2. The minimum atomic E-state index is -0.453. The second-order valence-corrected chi connectivity index (χ2v) is 3.54. The van der Waals surface area contributed by atoms with Gasteiger partial charge >= 0.3 is 5.69 Å². The molecule has 0 aliphatic carbocycles. The van der Waals surface area contributed by atoms with Crippen molar-refractivity contribution >= 4 is 5.78 Å². The van der Waals surface area contributed by atoms with Crippen molar-refractivity contribution in [2.45, 2.75) is 25.9 Å². The summed E-state index contributed by atoms with van der Waals surface area (Å²) in [6.45, 7) is 1.89. The van der Waals surface area contributed by atoms with Crippen LogP contribution < -0.4 is 16.6 Å². The topological polar surface area (TPSA) is 84.0 Å². The number of carbonyl (C=O) groups excluding carboxylic acids is 1. The highest BCUT2D eigenvalue weighted by molar-refractivity contribution is 5.81. The minimum Gasteiger partial charge on any atom is -0.311 e. The summed E-state index contributed by atoms with van der Waals surface area (Å²) in [5.41, 5.74) is -0.871. The molecule has 0 unspecified atom stereocenters. The third-order valence-corrected chi connectivity index (χ3v) is 2.39. The van der Waals surface area contributed by atoms with Crippen LogP contribution >= 0.6 is 0 Å². The fourth-order valence-corrected chi connectivity index (χ4v) is 1.44. The molecule has 0 aliphatic rings. The molecule has 1 heterocycles. The van der Waals surface area contributed by atoms with Crippen LogP contribution in [0.5, 0.6) is 0 Å². The zero-order valence-corrected chi connectivity index (χ0v) is 9.32. The summed E-state index contributed by atoms with van der Waals surface area (Å²) < 4.78 is 1.37. The average Bonchev–Trinajstić information content (AvgIpc) is 2.21. The van der Waals surface area contributed by atoms with E-state index in [2.05, 4.69) is 10.3 Å². The average molecular weight is 225 g/mol. The quantitative estimate of drug-likeness (QED) is 0.680. The summed E-state index contributed by atoms with van der Waals surface area (Å²) in [5, 5.41) is 2.87. The van der Waals surface area contributed by atoms with Gasteiger partial charge in [0.15, 0.2) is 0 Å². The smallest absolute Gasteiger partial charge is 0.311 e. The largest absolute Gasteiger partial charge is 0.328 e. The van der Waals surface area contributed by atoms with Crippen LogP contribution in [-0.2, 0) is 11.3 Å². The van der Waals surface area contributed by atoms with E-state index in [0.29, 0.717) is 13.0 Å². The molecule has 1 aromatic heterocycles. The molecule has 0 saturated carbocycles. The fourth-order valence-electron chi connectivity index (χ4n) is 1.44. The van der Waals surface area contributed by atoms with Gasteiger partial charge in [0.25, 0.3) is 5.56 Å². The van der Waals surface area contributed by atoms with Crippen molar-refractivity contribution in [3.05, 3.63) is 33.1 Å². The highest BCUT2D eigenvalue weighted by Crippen LogP contribution is 1.95. The summed E-state index contributed by atoms with van der Waals surface area (Å²) in [5.74, 6) is 0.0278. The third kappa shape index (κ3) is 3.16. The van der Waals surface area contributed by atoms with Crippen molar-refractivity contribution in [2.75, 3.05) is 7.05 Å². The first kappa shape index (κ1) is 12.4. The summed E-state index contributed by atoms with van der Waals surface area (Å²) in [6.07, 6.45) is 1.94. The Morgan fingerprint density at radius 3 is 2.75 bits per heavy atom. The van der Waals surface area contributed by atoms with E-state index in [1.54, 1.807) is 7.05 Å². The van der Waals surface area contributed by atoms with E-state index in [9.17, 15) is 14.4 Å². The summed E-state index contributed by atoms with van der Waals surface area (Å²) >= 11 is 0. The molecule has 1 atom stereocenters. The number of aromatic amines is 1. The maximum atomic E-state index is 11.3. The molecule has 88 valence electrons. The van der Waals surface area contributed by atoms with Gasteiger partial charge in [0.2, 0.25) is 0 Å². The maximum Gasteiger partial charge on any atom is 0.328 e. The first-order valence-electron chi connectivity index (χ1n) is 5.02. The third-order valence-electron chi connectivity index (χ3n) is 2.39. The van der Waals surface area contributed by atoms with Gasteiger partial charge < -0.3 is 9.88 Å². The molecule has 0 aromatic carbocycles. The predicted molar refractivity (Wildman–Crippen MR) is 59.5 cm³/mol. The van der Waals surface area contributed by atoms with Crippen LogP contribution in [-0.4, -0.2) is 28.4 Å². The number of hydrogen-bond acceptors (Lipinski definition) is 4. The fraction of sp³-hybridized carbons (Fsp3) is 0.500. The van der Waals surface area contributed by atoms with Gasteiger partial charge in [-0.2, -0.15) is 0 Å². The molecular weight excluding hydrogens is 210 g/mol. The Morgan fingerprint density at radius 2 is 2.25 bits per heavy atom. The normalized spacial score (nSPS) is 12.4. The highest BCUT2D eigenvalue weighted by Gasteiger charge is 2.11. The van der Waals surface area contributed by atoms with Gasteiger partial charge in [0, 0.05) is 18.8 Å². The molecule has 0 spiro atoms. The summed E-state index contributed by atoms with van der Waals surface area (Å²) in [4.78, 5) is 35.4. The Balaban J connectivity index is 2.71. The number of aromatic nitrogens is 2. The van der Waals surface area contributed by atoms with Gasteiger partial charge in [-0.15, -0.1) is 0 Å². The van der Waals surface area contributed by atoms with Crippen molar-refractivity contribution in [1.82, 2.24) is 14.9 Å². The molecule has 6 heteroatoms. The predicted octanol–water partition coefficient (Wildman–Crippen LogP) is -0.896. The van der Waals surface area contributed by atoms with Gasteiger partial charge in [0.1, 0.15) is 5.78 Å². The lowest BCUT2D eigenvalue weighted by molar-refractivity contribution is -0.119. The second-order valence-electron chi connectivity index (χ2n) is 3.54. The molecule has 6 nitrogen and oxygen atoms in total. The van der Waals surface area contributed by atoms with E-state index < -0.39 is 11.2 Å². The van der Waals surface area contributed by atoms with E-state index in [-0.39, 0.29) is 11.8 Å². The summed E-state index contributed by atoms with van der Waals surface area (Å²) in [7, 11) is 1.70. The van der Waals surface area contributed by atoms with Gasteiger partial charge in [-0.1, -0.05) is 0 Å². The lowest BCUT2D eigenvalue weighted by Crippen LogP contribution is -2.35. The zero-order chi connectivity index (χ0) is 12.1. The maximum absolute atomic E-state index is 11.3. The number of carbonyl (C=O) groups is 1. The Kier molecular flexibility index (Phi) is 4.19. The number of nitrogens with zero attached hydrogens (tertiary/aromatic N) is 1. The Morgan fingerprint density at radius 1 is 1.56 bits per heavy atom. The van der Waals surface area contributed by atoms with Crippen LogP contribution in [0.4, 0.5) is 0 Å². The molecule has 0 aliphatic heterocycles. The van der Waals surface area contributed by atoms with Gasteiger partial charge in [-0.3, -0.25) is 14.6 Å². The number of hydrogen-bond donors (Lipinski definition) is 2. The Hall–Kier alpha value is -1.69. The van der Waals surface area contributed by atoms with Gasteiger partial charge in [0.05, 0.1) is 6.04 Å². The zero-order valence-electron chi connectivity index (χ0n) is 9.32. The van der Waals surface area contributed by atoms with Crippen LogP contribution in [0.1, 0.15) is 13.3 Å². The Labute approximate surface area is 92.3 Å². The van der Waals surface area contributed by atoms with Crippen LogP contribution in [0, 0.1) is 0 Å². The highest BCUT2D eigenvalue weighted by atomic mass is 16.2. The molecule has 2 N–H and O–H groups in total. The standard InChI is InChI=1S/C10H15N3O3/c1-7(14)8(11-2)3-5-13-6-4-9(15)12-10(13)16/h4,6,8,11H,3,5H2,1-2H3,(H,12,15,16)/t8-/m0/s1. The van der Waals surface area contributed by atoms with Crippen molar-refractivity contribution < 1.29 is 4.79 Å². The first-order chi connectivity index (χ1) is 7.54. The van der Waals surface area contributed by atoms with Crippen molar-refractivity contribution in [3.8, 4) is 0 Å². The van der Waals surface area contributed by atoms with E-state index in [1.165, 1.54) is 23.8 Å². The number of H-pyrrole nitrogens is 1. The molecule has 0 saturated heterocycles. The molecule has 0 radical (unpaired) electrons. The summed E-state index contributed by atoms with van der Waals surface area (Å²) in [6, 6.07) is 1.02. The van der Waals surface area contributed by atoms with E-state index in [1.807, 2.05) is 0 Å². The number of Topliss-reactive ketones (excluding diaryl/α,β-unsaturated/α-hetero) is 1. The minimum absolute atomic E-state index is 0.0278.